The van der Waals surface area contributed by atoms with Gasteiger partial charge in [-0.15, -0.1) is 0 Å². The Morgan fingerprint density at radius 2 is 1.81 bits per heavy atom. The van der Waals surface area contributed by atoms with Crippen molar-refractivity contribution < 1.29 is 14.3 Å². The number of halogens is 1. The van der Waals surface area contributed by atoms with Crippen LogP contribution in [0.15, 0.2) is 30.3 Å². The molecule has 114 valence electrons. The van der Waals surface area contributed by atoms with Gasteiger partial charge in [-0.1, -0.05) is 65.5 Å². The van der Waals surface area contributed by atoms with Gasteiger partial charge < -0.3 is 4.74 Å². The zero-order chi connectivity index (χ0) is 15.1. The molecule has 0 spiro atoms. The SMILES string of the molecule is O=C(CC1CCCCC1)OC(=O)[C@@H](Br)Cc1ccccc1. The Balaban J connectivity index is 1.76. The Morgan fingerprint density at radius 3 is 2.48 bits per heavy atom. The normalized spacial score (nSPS) is 17.2. The molecule has 1 atom stereocenters. The van der Waals surface area contributed by atoms with Gasteiger partial charge in [0.05, 0.1) is 0 Å². The van der Waals surface area contributed by atoms with Crippen LogP contribution in [0.25, 0.3) is 0 Å². The molecular formula is C17H21BrO3. The summed E-state index contributed by atoms with van der Waals surface area (Å²) in [5.74, 6) is -0.481. The Morgan fingerprint density at radius 1 is 1.14 bits per heavy atom. The number of alkyl halides is 1. The summed E-state index contributed by atoms with van der Waals surface area (Å²) in [6.07, 6.45) is 6.66. The minimum atomic E-state index is -0.486. The number of hydrogen-bond acceptors (Lipinski definition) is 3. The molecule has 0 radical (unpaired) electrons. The molecule has 0 aromatic heterocycles. The summed E-state index contributed by atoms with van der Waals surface area (Å²) in [4.78, 5) is 23.2. The van der Waals surface area contributed by atoms with Crippen LogP contribution in [0, 0.1) is 5.92 Å². The number of carbonyl (C=O) groups excluding carboxylic acids is 2. The second-order valence-corrected chi connectivity index (χ2v) is 6.76. The van der Waals surface area contributed by atoms with E-state index in [-0.39, 0.29) is 5.97 Å². The third kappa shape index (κ3) is 5.62. The van der Waals surface area contributed by atoms with E-state index in [1.54, 1.807) is 0 Å². The molecule has 0 amide bonds. The zero-order valence-corrected chi connectivity index (χ0v) is 13.7. The fourth-order valence-electron chi connectivity index (χ4n) is 2.75. The first kappa shape index (κ1) is 16.2. The molecule has 1 aromatic rings. The Kier molecular flexibility index (Phi) is 6.43. The van der Waals surface area contributed by atoms with Crippen LogP contribution in [0.2, 0.25) is 0 Å². The number of ether oxygens (including phenoxy) is 1. The van der Waals surface area contributed by atoms with E-state index < -0.39 is 10.8 Å². The Labute approximate surface area is 134 Å². The maximum Gasteiger partial charge on any atom is 0.327 e. The summed E-state index contributed by atoms with van der Waals surface area (Å²) >= 11 is 3.31. The number of hydrogen-bond donors (Lipinski definition) is 0. The molecule has 1 fully saturated rings. The average molecular weight is 353 g/mol. The van der Waals surface area contributed by atoms with Crippen LogP contribution in [0.1, 0.15) is 44.1 Å². The third-order valence-corrected chi connectivity index (χ3v) is 4.61. The molecule has 3 nitrogen and oxygen atoms in total. The first-order chi connectivity index (χ1) is 10.1. The molecular weight excluding hydrogens is 332 g/mol. The first-order valence-corrected chi connectivity index (χ1v) is 8.49. The molecule has 21 heavy (non-hydrogen) atoms. The van der Waals surface area contributed by atoms with Gasteiger partial charge >= 0.3 is 11.9 Å². The molecule has 0 saturated heterocycles. The van der Waals surface area contributed by atoms with E-state index in [4.69, 9.17) is 4.74 Å². The fraction of sp³-hybridized carbons (Fsp3) is 0.529. The van der Waals surface area contributed by atoms with Crippen LogP contribution in [0.3, 0.4) is 0 Å². The summed E-state index contributed by atoms with van der Waals surface area (Å²) in [5.41, 5.74) is 1.04. The molecule has 0 heterocycles. The van der Waals surface area contributed by atoms with Gasteiger partial charge in [0.25, 0.3) is 0 Å². The molecule has 1 saturated carbocycles. The van der Waals surface area contributed by atoms with Crippen LogP contribution in [0.4, 0.5) is 0 Å². The number of carbonyl (C=O) groups is 2. The predicted octanol–water partition coefficient (Wildman–Crippen LogP) is 4.03. The van der Waals surface area contributed by atoms with Gasteiger partial charge in [0.15, 0.2) is 0 Å². The molecule has 0 bridgehead atoms. The van der Waals surface area contributed by atoms with Crippen molar-refractivity contribution in [2.45, 2.75) is 49.8 Å². The van der Waals surface area contributed by atoms with Crippen LogP contribution in [-0.4, -0.2) is 16.8 Å². The van der Waals surface area contributed by atoms with Crippen molar-refractivity contribution in [3.05, 3.63) is 35.9 Å². The predicted molar refractivity (Wildman–Crippen MR) is 85.2 cm³/mol. The third-order valence-electron chi connectivity index (χ3n) is 3.91. The molecule has 1 aliphatic carbocycles. The summed E-state index contributed by atoms with van der Waals surface area (Å²) in [6, 6.07) is 9.68. The Hall–Kier alpha value is -1.16. The molecule has 0 aliphatic heterocycles. The van der Waals surface area contributed by atoms with Gasteiger partial charge in [0, 0.05) is 6.42 Å². The Bertz CT molecular complexity index is 466. The minimum absolute atomic E-state index is 0.372. The van der Waals surface area contributed by atoms with E-state index in [9.17, 15) is 9.59 Å². The highest BCUT2D eigenvalue weighted by molar-refractivity contribution is 9.10. The fourth-order valence-corrected chi connectivity index (χ4v) is 3.22. The van der Waals surface area contributed by atoms with E-state index in [1.165, 1.54) is 19.3 Å². The van der Waals surface area contributed by atoms with Crippen LogP contribution >= 0.6 is 15.9 Å². The van der Waals surface area contributed by atoms with Crippen LogP contribution < -0.4 is 0 Å². The number of rotatable bonds is 5. The lowest BCUT2D eigenvalue weighted by atomic mass is 9.87. The monoisotopic (exact) mass is 352 g/mol. The molecule has 1 aromatic carbocycles. The molecule has 1 aliphatic rings. The lowest BCUT2D eigenvalue weighted by molar-refractivity contribution is -0.159. The van der Waals surface area contributed by atoms with Gasteiger partial charge in [-0.3, -0.25) is 9.59 Å². The van der Waals surface area contributed by atoms with Gasteiger partial charge in [0.1, 0.15) is 4.83 Å². The van der Waals surface area contributed by atoms with Crippen molar-refractivity contribution in [1.82, 2.24) is 0 Å². The van der Waals surface area contributed by atoms with E-state index in [1.807, 2.05) is 30.3 Å². The molecule has 2 rings (SSSR count). The van der Waals surface area contributed by atoms with Crippen molar-refractivity contribution in [3.63, 3.8) is 0 Å². The van der Waals surface area contributed by atoms with E-state index >= 15 is 0 Å². The zero-order valence-electron chi connectivity index (χ0n) is 12.1. The summed E-state index contributed by atoms with van der Waals surface area (Å²) in [7, 11) is 0. The minimum Gasteiger partial charge on any atom is -0.392 e. The van der Waals surface area contributed by atoms with Gasteiger partial charge in [-0.25, -0.2) is 0 Å². The van der Waals surface area contributed by atoms with Gasteiger partial charge in [-0.05, 0) is 30.7 Å². The standard InChI is InChI=1S/C17H21BrO3/c18-15(11-13-7-3-1-4-8-13)17(20)21-16(19)12-14-9-5-2-6-10-14/h1,3-4,7-8,14-15H,2,5-6,9-12H2/t15-/m0/s1. The van der Waals surface area contributed by atoms with Crippen molar-refractivity contribution in [2.24, 2.45) is 5.92 Å². The van der Waals surface area contributed by atoms with Crippen LogP contribution in [0.5, 0.6) is 0 Å². The molecule has 4 heteroatoms. The van der Waals surface area contributed by atoms with Crippen molar-refractivity contribution in [2.75, 3.05) is 0 Å². The van der Waals surface area contributed by atoms with Crippen LogP contribution in [-0.2, 0) is 20.7 Å². The molecule has 0 N–H and O–H groups in total. The quantitative estimate of drug-likeness (QED) is 0.456. The van der Waals surface area contributed by atoms with Crippen molar-refractivity contribution in [1.29, 1.82) is 0 Å². The van der Waals surface area contributed by atoms with Gasteiger partial charge in [-0.2, -0.15) is 0 Å². The lowest BCUT2D eigenvalue weighted by Crippen LogP contribution is -2.24. The van der Waals surface area contributed by atoms with Crippen molar-refractivity contribution >= 4 is 27.9 Å². The highest BCUT2D eigenvalue weighted by Gasteiger charge is 2.23. The van der Waals surface area contributed by atoms with E-state index in [0.717, 1.165) is 18.4 Å². The van der Waals surface area contributed by atoms with Crippen molar-refractivity contribution in [3.8, 4) is 0 Å². The summed E-state index contributed by atoms with van der Waals surface area (Å²) < 4.78 is 4.96. The maximum absolute atomic E-state index is 11.9. The lowest BCUT2D eigenvalue weighted by Gasteiger charge is -2.20. The average Bonchev–Trinajstić information content (AvgIpc) is 2.49. The van der Waals surface area contributed by atoms with Gasteiger partial charge in [0.2, 0.25) is 0 Å². The molecule has 0 unspecified atom stereocenters. The largest absolute Gasteiger partial charge is 0.392 e. The second kappa shape index (κ2) is 8.32. The summed E-state index contributed by atoms with van der Waals surface area (Å²) in [5, 5.41) is 0. The smallest absolute Gasteiger partial charge is 0.327 e. The number of esters is 2. The first-order valence-electron chi connectivity index (χ1n) is 7.57. The summed E-state index contributed by atoms with van der Waals surface area (Å²) in [6.45, 7) is 0. The topological polar surface area (TPSA) is 43.4 Å². The van der Waals surface area contributed by atoms with E-state index in [0.29, 0.717) is 18.8 Å². The maximum atomic E-state index is 11.9. The highest BCUT2D eigenvalue weighted by Crippen LogP contribution is 2.26. The van der Waals surface area contributed by atoms with E-state index in [2.05, 4.69) is 15.9 Å². The second-order valence-electron chi connectivity index (χ2n) is 5.66. The highest BCUT2D eigenvalue weighted by atomic mass is 79.9. The number of benzene rings is 1.